The Kier molecular flexibility index (Phi) is 6.33. The van der Waals surface area contributed by atoms with Crippen molar-refractivity contribution in [2.45, 2.75) is 45.1 Å². The van der Waals surface area contributed by atoms with Crippen molar-refractivity contribution in [3.63, 3.8) is 0 Å². The van der Waals surface area contributed by atoms with Gasteiger partial charge in [0.15, 0.2) is 0 Å². The summed E-state index contributed by atoms with van der Waals surface area (Å²) >= 11 is 6.29. The van der Waals surface area contributed by atoms with Crippen LogP contribution in [0.4, 0.5) is 5.69 Å². The minimum atomic E-state index is -0.318. The molecule has 0 spiro atoms. The molecule has 1 atom stereocenters. The average Bonchev–Trinajstić information content (AvgIpc) is 3.38. The Labute approximate surface area is 201 Å². The molecular weight excluding hydrogens is 434 g/mol. The summed E-state index contributed by atoms with van der Waals surface area (Å²) in [5.41, 5.74) is 4.55. The van der Waals surface area contributed by atoms with Gasteiger partial charge in [0.25, 0.3) is 0 Å². The van der Waals surface area contributed by atoms with Crippen LogP contribution < -0.4 is 4.90 Å². The fourth-order valence-corrected chi connectivity index (χ4v) is 5.95. The maximum Gasteiger partial charge on any atom is 0.232 e. The van der Waals surface area contributed by atoms with E-state index in [9.17, 15) is 9.59 Å². The topological polar surface area (TPSA) is 43.9 Å². The largest absolute Gasteiger partial charge is 0.368 e. The van der Waals surface area contributed by atoms with Gasteiger partial charge in [-0.05, 0) is 54.7 Å². The van der Waals surface area contributed by atoms with Gasteiger partial charge in [-0.3, -0.25) is 9.59 Å². The summed E-state index contributed by atoms with van der Waals surface area (Å²) in [7, 11) is 0. The van der Waals surface area contributed by atoms with Crippen LogP contribution in [0, 0.1) is 12.8 Å². The van der Waals surface area contributed by atoms with E-state index in [0.29, 0.717) is 31.2 Å². The molecule has 174 valence electrons. The first-order chi connectivity index (χ1) is 16.0. The summed E-state index contributed by atoms with van der Waals surface area (Å²) < 4.78 is 0. The highest BCUT2D eigenvalue weighted by atomic mass is 35.5. The minimum absolute atomic E-state index is 0.110. The third-order valence-corrected chi connectivity index (χ3v) is 7.84. The Bertz CT molecular complexity index is 1040. The molecule has 0 aromatic heterocycles. The lowest BCUT2D eigenvalue weighted by Crippen LogP contribution is -2.52. The molecule has 1 saturated carbocycles. The second-order valence-electron chi connectivity index (χ2n) is 9.69. The minimum Gasteiger partial charge on any atom is -0.368 e. The number of rotatable bonds is 3. The zero-order chi connectivity index (χ0) is 22.9. The van der Waals surface area contributed by atoms with E-state index in [4.69, 9.17) is 11.6 Å². The lowest BCUT2D eigenvalue weighted by molar-refractivity contribution is -0.139. The quantitative estimate of drug-likeness (QED) is 0.664. The van der Waals surface area contributed by atoms with Gasteiger partial charge >= 0.3 is 0 Å². The summed E-state index contributed by atoms with van der Waals surface area (Å²) in [4.78, 5) is 33.2. The van der Waals surface area contributed by atoms with Gasteiger partial charge in [-0.1, -0.05) is 48.7 Å². The third kappa shape index (κ3) is 4.48. The van der Waals surface area contributed by atoms with Gasteiger partial charge in [0, 0.05) is 55.9 Å². The zero-order valence-electron chi connectivity index (χ0n) is 19.3. The van der Waals surface area contributed by atoms with Gasteiger partial charge in [0.2, 0.25) is 11.8 Å². The van der Waals surface area contributed by atoms with Gasteiger partial charge in [-0.2, -0.15) is 0 Å². The van der Waals surface area contributed by atoms with Gasteiger partial charge in [0.05, 0.1) is 5.92 Å². The number of aryl methyl sites for hydroxylation is 1. The molecule has 1 unspecified atom stereocenters. The predicted octanol–water partition coefficient (Wildman–Crippen LogP) is 4.61. The number of hydrogen-bond acceptors (Lipinski definition) is 3. The Balaban J connectivity index is 1.33. The van der Waals surface area contributed by atoms with E-state index in [2.05, 4.69) is 36.1 Å². The second kappa shape index (κ2) is 9.38. The number of fused-ring (bicyclic) bond motifs is 1. The first kappa shape index (κ1) is 22.3. The van der Waals surface area contributed by atoms with Crippen LogP contribution in [0.15, 0.2) is 42.5 Å². The Morgan fingerprint density at radius 3 is 2.36 bits per heavy atom. The van der Waals surface area contributed by atoms with E-state index in [1.54, 1.807) is 0 Å². The van der Waals surface area contributed by atoms with Crippen LogP contribution in [-0.4, -0.2) is 54.3 Å². The van der Waals surface area contributed by atoms with Crippen molar-refractivity contribution in [1.29, 1.82) is 0 Å². The molecular formula is C27H32ClN3O2. The molecule has 5 rings (SSSR count). The van der Waals surface area contributed by atoms with Crippen LogP contribution in [0.2, 0.25) is 5.02 Å². The smallest absolute Gasteiger partial charge is 0.232 e. The average molecular weight is 466 g/mol. The number of nitrogens with zero attached hydrogens (tertiary/aromatic N) is 3. The second-order valence-corrected chi connectivity index (χ2v) is 10.1. The fourth-order valence-electron chi connectivity index (χ4n) is 5.76. The molecule has 2 aromatic carbocycles. The number of anilines is 1. The normalized spacial score (nSPS) is 21.3. The predicted molar refractivity (Wildman–Crippen MR) is 132 cm³/mol. The summed E-state index contributed by atoms with van der Waals surface area (Å²) in [6.07, 6.45) is 4.19. The summed E-state index contributed by atoms with van der Waals surface area (Å²) in [6, 6.07) is 14.2. The van der Waals surface area contributed by atoms with Crippen molar-refractivity contribution in [3.8, 4) is 0 Å². The van der Waals surface area contributed by atoms with Crippen LogP contribution >= 0.6 is 11.6 Å². The molecule has 1 saturated heterocycles. The van der Waals surface area contributed by atoms with E-state index >= 15 is 0 Å². The van der Waals surface area contributed by atoms with Crippen LogP contribution in [0.1, 0.15) is 48.3 Å². The van der Waals surface area contributed by atoms with E-state index in [0.717, 1.165) is 49.9 Å². The van der Waals surface area contributed by atoms with Gasteiger partial charge in [-0.15, -0.1) is 0 Å². The highest BCUT2D eigenvalue weighted by Gasteiger charge is 2.38. The SMILES string of the molecule is Cc1ccccc1N1CCN(C(=O)C2CN(C(=O)C3CCCC3)Cc3cc(Cl)ccc32)CC1. The Morgan fingerprint density at radius 2 is 1.64 bits per heavy atom. The number of halogens is 1. The van der Waals surface area contributed by atoms with Crippen molar-refractivity contribution in [2.24, 2.45) is 5.92 Å². The number of hydrogen-bond donors (Lipinski definition) is 0. The van der Waals surface area contributed by atoms with E-state index in [1.807, 2.05) is 28.0 Å². The summed E-state index contributed by atoms with van der Waals surface area (Å²) in [5, 5.41) is 0.655. The maximum atomic E-state index is 13.7. The molecule has 0 radical (unpaired) electrons. The number of carbonyl (C=O) groups is 2. The van der Waals surface area contributed by atoms with Gasteiger partial charge in [0.1, 0.15) is 0 Å². The van der Waals surface area contributed by atoms with Crippen molar-refractivity contribution < 1.29 is 9.59 Å². The van der Waals surface area contributed by atoms with Crippen LogP contribution in [0.25, 0.3) is 0 Å². The summed E-state index contributed by atoms with van der Waals surface area (Å²) in [6.45, 7) is 6.19. The maximum absolute atomic E-state index is 13.7. The molecule has 2 aliphatic heterocycles. The molecule has 0 N–H and O–H groups in total. The zero-order valence-corrected chi connectivity index (χ0v) is 20.1. The lowest BCUT2D eigenvalue weighted by Gasteiger charge is -2.41. The standard InChI is InChI=1S/C27H32ClN3O2/c1-19-6-2-5-9-25(19)29-12-14-30(15-13-29)27(33)24-18-31(26(32)20-7-3-4-8-20)17-21-16-22(28)10-11-23(21)24/h2,5-6,9-11,16,20,24H,3-4,7-8,12-15,17-18H2,1H3. The molecule has 33 heavy (non-hydrogen) atoms. The van der Waals surface area contributed by atoms with Gasteiger partial charge < -0.3 is 14.7 Å². The molecule has 2 fully saturated rings. The highest BCUT2D eigenvalue weighted by Crippen LogP contribution is 2.35. The summed E-state index contributed by atoms with van der Waals surface area (Å²) in [5.74, 6) is 0.132. The molecule has 1 aliphatic carbocycles. The van der Waals surface area contributed by atoms with E-state index < -0.39 is 0 Å². The highest BCUT2D eigenvalue weighted by molar-refractivity contribution is 6.30. The van der Waals surface area contributed by atoms with Gasteiger partial charge in [-0.25, -0.2) is 0 Å². The lowest BCUT2D eigenvalue weighted by atomic mass is 9.87. The van der Waals surface area contributed by atoms with Crippen molar-refractivity contribution >= 4 is 29.1 Å². The van der Waals surface area contributed by atoms with E-state index in [1.165, 1.54) is 11.3 Å². The number of para-hydroxylation sites is 1. The Hall–Kier alpha value is -2.53. The van der Waals surface area contributed by atoms with Crippen molar-refractivity contribution in [1.82, 2.24) is 9.80 Å². The molecule has 3 aliphatic rings. The molecule has 2 amide bonds. The van der Waals surface area contributed by atoms with Crippen LogP contribution in [-0.2, 0) is 16.1 Å². The molecule has 5 nitrogen and oxygen atoms in total. The molecule has 2 heterocycles. The van der Waals surface area contributed by atoms with Crippen molar-refractivity contribution in [3.05, 3.63) is 64.2 Å². The first-order valence-electron chi connectivity index (χ1n) is 12.2. The molecule has 2 aromatic rings. The monoisotopic (exact) mass is 465 g/mol. The first-order valence-corrected chi connectivity index (χ1v) is 12.6. The number of amides is 2. The fraction of sp³-hybridized carbons (Fsp3) is 0.481. The number of carbonyl (C=O) groups excluding carboxylic acids is 2. The van der Waals surface area contributed by atoms with E-state index in [-0.39, 0.29) is 23.7 Å². The molecule has 6 heteroatoms. The number of benzene rings is 2. The van der Waals surface area contributed by atoms with Crippen LogP contribution in [0.3, 0.4) is 0 Å². The van der Waals surface area contributed by atoms with Crippen LogP contribution in [0.5, 0.6) is 0 Å². The number of piperazine rings is 1. The van der Waals surface area contributed by atoms with Crippen molar-refractivity contribution in [2.75, 3.05) is 37.6 Å². The Morgan fingerprint density at radius 1 is 0.909 bits per heavy atom. The third-order valence-electron chi connectivity index (χ3n) is 7.61. The molecule has 0 bridgehead atoms.